The Bertz CT molecular complexity index is 479. The molecular weight excluding hydrogens is 214 g/mol. The van der Waals surface area contributed by atoms with Gasteiger partial charge in [-0.3, -0.25) is 0 Å². The maximum absolute atomic E-state index is 11.4. The number of esters is 1. The average Bonchev–Trinajstić information content (AvgIpc) is 2.55. The molecular formula is C9H8N3O2S+. The molecule has 0 unspecified atom stereocenters. The average molecular weight is 222 g/mol. The van der Waals surface area contributed by atoms with Gasteiger partial charge in [-0.15, -0.1) is 0 Å². The lowest BCUT2D eigenvalue weighted by Crippen LogP contribution is -2.03. The Labute approximate surface area is 90.5 Å². The van der Waals surface area contributed by atoms with Crippen molar-refractivity contribution >= 4 is 22.3 Å². The number of hydrogen-bond donors (Lipinski definition) is 0. The predicted octanol–water partition coefficient (Wildman–Crippen LogP) is 2.59. The number of thiophene rings is 1. The maximum atomic E-state index is 11.4. The van der Waals surface area contributed by atoms with Crippen molar-refractivity contribution in [3.05, 3.63) is 21.0 Å². The summed E-state index contributed by atoms with van der Waals surface area (Å²) in [4.78, 5) is 14.7. The van der Waals surface area contributed by atoms with Crippen LogP contribution >= 0.6 is 11.3 Å². The van der Waals surface area contributed by atoms with Crippen LogP contribution in [0.3, 0.4) is 0 Å². The molecule has 1 heterocycles. The summed E-state index contributed by atoms with van der Waals surface area (Å²) >= 11 is 0.945. The molecule has 15 heavy (non-hydrogen) atoms. The summed E-state index contributed by atoms with van der Waals surface area (Å²) in [6, 6.07) is 1.88. The van der Waals surface area contributed by atoms with Crippen molar-refractivity contribution < 1.29 is 9.53 Å². The standard InChI is InChI=1S/C9H8N3O2S/c1-3-14-9(13)7-5(2)6(4-10)8(12-11)15-7/h3H2,1-2H3/q+1. The van der Waals surface area contributed by atoms with Gasteiger partial charge in [0, 0.05) is 5.56 Å². The third-order valence-electron chi connectivity index (χ3n) is 1.79. The molecule has 1 aromatic rings. The smallest absolute Gasteiger partial charge is 0.459 e. The third-order valence-corrected chi connectivity index (χ3v) is 2.95. The second-order valence-electron chi connectivity index (χ2n) is 2.67. The summed E-state index contributed by atoms with van der Waals surface area (Å²) in [6.07, 6.45) is 0. The summed E-state index contributed by atoms with van der Waals surface area (Å²) in [5, 5.41) is 17.6. The van der Waals surface area contributed by atoms with E-state index >= 15 is 0 Å². The van der Waals surface area contributed by atoms with E-state index in [0.717, 1.165) is 11.3 Å². The molecule has 6 heteroatoms. The fourth-order valence-corrected chi connectivity index (χ4v) is 2.02. The highest BCUT2D eigenvalue weighted by atomic mass is 32.1. The molecule has 0 radical (unpaired) electrons. The minimum atomic E-state index is -0.494. The van der Waals surface area contributed by atoms with Crippen LogP contribution in [0.2, 0.25) is 0 Å². The molecule has 0 atom stereocenters. The van der Waals surface area contributed by atoms with Crippen LogP contribution in [0.5, 0.6) is 0 Å². The number of ether oxygens (including phenoxy) is 1. The van der Waals surface area contributed by atoms with Crippen molar-refractivity contribution in [3.63, 3.8) is 0 Å². The van der Waals surface area contributed by atoms with Crippen LogP contribution in [0.1, 0.15) is 27.7 Å². The molecule has 5 nitrogen and oxygen atoms in total. The third kappa shape index (κ3) is 1.95. The van der Waals surface area contributed by atoms with Gasteiger partial charge in [-0.25, -0.2) is 4.79 Å². The summed E-state index contributed by atoms with van der Waals surface area (Å²) in [5.74, 6) is -0.494. The molecule has 0 aromatic carbocycles. The van der Waals surface area contributed by atoms with E-state index in [9.17, 15) is 4.79 Å². The zero-order chi connectivity index (χ0) is 11.4. The topological polar surface area (TPSA) is 78.2 Å². The van der Waals surface area contributed by atoms with Crippen LogP contribution < -0.4 is 0 Å². The normalized spacial score (nSPS) is 9.07. The van der Waals surface area contributed by atoms with Gasteiger partial charge in [0.1, 0.15) is 10.9 Å². The molecule has 0 saturated carbocycles. The first-order valence-corrected chi connectivity index (χ1v) is 5.03. The van der Waals surface area contributed by atoms with Crippen molar-refractivity contribution in [1.82, 2.24) is 0 Å². The van der Waals surface area contributed by atoms with Crippen LogP contribution in [0.25, 0.3) is 4.98 Å². The SMILES string of the molecule is CCOC(=O)c1sc([N+]#N)c(C#N)c1C. The fourth-order valence-electron chi connectivity index (χ4n) is 1.09. The molecule has 0 N–H and O–H groups in total. The number of nitriles is 1. The highest BCUT2D eigenvalue weighted by Crippen LogP contribution is 2.34. The van der Waals surface area contributed by atoms with Gasteiger partial charge in [0.15, 0.2) is 10.5 Å². The lowest BCUT2D eigenvalue weighted by molar-refractivity contribution is 0.0531. The Morgan fingerprint density at radius 2 is 2.33 bits per heavy atom. The number of hydrogen-bond acceptors (Lipinski definition) is 5. The van der Waals surface area contributed by atoms with E-state index < -0.39 is 5.97 Å². The Kier molecular flexibility index (Phi) is 3.37. The van der Waals surface area contributed by atoms with Gasteiger partial charge < -0.3 is 4.74 Å². The van der Waals surface area contributed by atoms with E-state index in [2.05, 4.69) is 4.98 Å². The number of rotatable bonds is 2. The van der Waals surface area contributed by atoms with Gasteiger partial charge in [-0.2, -0.15) is 5.26 Å². The Morgan fingerprint density at radius 1 is 1.67 bits per heavy atom. The molecule has 0 aliphatic heterocycles. The minimum absolute atomic E-state index is 0.137. The summed E-state index contributed by atoms with van der Waals surface area (Å²) in [6.45, 7) is 3.59. The summed E-state index contributed by atoms with van der Waals surface area (Å²) in [7, 11) is 0. The Morgan fingerprint density at radius 3 is 2.73 bits per heavy atom. The molecule has 0 bridgehead atoms. The zero-order valence-corrected chi connectivity index (χ0v) is 9.09. The van der Waals surface area contributed by atoms with Crippen molar-refractivity contribution in [2.24, 2.45) is 0 Å². The van der Waals surface area contributed by atoms with Crippen molar-refractivity contribution in [2.75, 3.05) is 6.61 Å². The molecule has 0 aliphatic carbocycles. The monoisotopic (exact) mass is 222 g/mol. The van der Waals surface area contributed by atoms with Gasteiger partial charge in [-0.1, -0.05) is 0 Å². The Hall–Kier alpha value is -1.92. The van der Waals surface area contributed by atoms with E-state index in [1.807, 2.05) is 6.07 Å². The lowest BCUT2D eigenvalue weighted by atomic mass is 10.2. The first-order chi connectivity index (χ1) is 7.15. The van der Waals surface area contributed by atoms with E-state index in [0.29, 0.717) is 10.4 Å². The number of diazo groups is 1. The number of carbonyl (C=O) groups is 1. The van der Waals surface area contributed by atoms with Crippen LogP contribution in [0, 0.1) is 23.6 Å². The van der Waals surface area contributed by atoms with Crippen LogP contribution in [0.15, 0.2) is 0 Å². The fraction of sp³-hybridized carbons (Fsp3) is 0.333. The zero-order valence-electron chi connectivity index (χ0n) is 8.27. The molecule has 0 fully saturated rings. The van der Waals surface area contributed by atoms with Crippen molar-refractivity contribution in [2.45, 2.75) is 13.8 Å². The predicted molar refractivity (Wildman–Crippen MR) is 54.5 cm³/mol. The van der Waals surface area contributed by atoms with E-state index in [-0.39, 0.29) is 17.2 Å². The van der Waals surface area contributed by atoms with Crippen LogP contribution in [-0.4, -0.2) is 12.6 Å². The Balaban J connectivity index is 3.24. The quantitative estimate of drug-likeness (QED) is 0.569. The minimum Gasteiger partial charge on any atom is -0.462 e. The molecule has 0 spiro atoms. The molecule has 76 valence electrons. The van der Waals surface area contributed by atoms with Gasteiger partial charge in [0.25, 0.3) is 0 Å². The largest absolute Gasteiger partial charge is 0.462 e. The van der Waals surface area contributed by atoms with Crippen LogP contribution in [-0.2, 0) is 4.74 Å². The highest BCUT2D eigenvalue weighted by Gasteiger charge is 2.28. The number of nitrogens with zero attached hydrogens (tertiary/aromatic N) is 3. The van der Waals surface area contributed by atoms with Gasteiger partial charge in [-0.05, 0) is 25.2 Å². The molecule has 1 aromatic heterocycles. The van der Waals surface area contributed by atoms with Crippen molar-refractivity contribution in [1.29, 1.82) is 10.7 Å². The van der Waals surface area contributed by atoms with E-state index in [1.165, 1.54) is 0 Å². The summed E-state index contributed by atoms with van der Waals surface area (Å²) < 4.78 is 4.80. The molecule has 0 amide bonds. The van der Waals surface area contributed by atoms with E-state index in [1.54, 1.807) is 13.8 Å². The van der Waals surface area contributed by atoms with Gasteiger partial charge >= 0.3 is 11.0 Å². The number of carbonyl (C=O) groups excluding carboxylic acids is 1. The molecule has 1 rings (SSSR count). The van der Waals surface area contributed by atoms with Gasteiger partial charge in [0.05, 0.1) is 6.61 Å². The highest BCUT2D eigenvalue weighted by molar-refractivity contribution is 7.18. The van der Waals surface area contributed by atoms with Crippen LogP contribution in [0.4, 0.5) is 5.00 Å². The first-order valence-electron chi connectivity index (χ1n) is 4.21. The first kappa shape index (κ1) is 11.2. The maximum Gasteiger partial charge on any atom is 0.459 e. The lowest BCUT2D eigenvalue weighted by Gasteiger charge is -1.98. The van der Waals surface area contributed by atoms with Crippen molar-refractivity contribution in [3.8, 4) is 6.07 Å². The molecule has 0 aliphatic rings. The molecule has 0 saturated heterocycles. The van der Waals surface area contributed by atoms with Gasteiger partial charge in [0.2, 0.25) is 5.39 Å². The summed E-state index contributed by atoms with van der Waals surface area (Å²) in [5.41, 5.74) is 0.708. The second kappa shape index (κ2) is 4.54. The van der Waals surface area contributed by atoms with E-state index in [4.69, 9.17) is 15.4 Å². The second-order valence-corrected chi connectivity index (χ2v) is 3.67.